The number of amides is 1. The summed E-state index contributed by atoms with van der Waals surface area (Å²) in [6.45, 7) is 2.59. The molecule has 2 fully saturated rings. The Hall–Kier alpha value is -3.51. The Morgan fingerprint density at radius 3 is 2.62 bits per heavy atom. The van der Waals surface area contributed by atoms with Gasteiger partial charge in [-0.1, -0.05) is 11.6 Å². The van der Waals surface area contributed by atoms with Crippen LogP contribution in [0.4, 0.5) is 13.2 Å². The molecule has 192 valence electrons. The van der Waals surface area contributed by atoms with Crippen molar-refractivity contribution in [3.05, 3.63) is 59.5 Å². The number of piperidine rings is 1. The number of nitrogens with zero attached hydrogens (tertiary/aromatic N) is 7. The fraction of sp³-hybridized carbons (Fsp3) is 0.375. The van der Waals surface area contributed by atoms with E-state index in [2.05, 4.69) is 29.9 Å². The number of likely N-dealkylation sites (tertiary alicyclic amines) is 2. The van der Waals surface area contributed by atoms with E-state index in [0.717, 1.165) is 60.5 Å². The van der Waals surface area contributed by atoms with Gasteiger partial charge in [-0.3, -0.25) is 19.4 Å². The van der Waals surface area contributed by atoms with E-state index in [4.69, 9.17) is 11.6 Å². The number of hydrogen-bond acceptors (Lipinski definition) is 6. The third-order valence-electron chi connectivity index (χ3n) is 7.14. The lowest BCUT2D eigenvalue weighted by Gasteiger charge is -2.47. The molecule has 0 saturated carbocycles. The second kappa shape index (κ2) is 9.10. The Bertz CT molecular complexity index is 1450. The second-order valence-corrected chi connectivity index (χ2v) is 9.76. The molecule has 6 heterocycles. The lowest BCUT2D eigenvalue weighted by molar-refractivity contribution is -0.141. The van der Waals surface area contributed by atoms with Crippen LogP contribution in [0.25, 0.3) is 22.3 Å². The van der Waals surface area contributed by atoms with Crippen molar-refractivity contribution in [3.63, 3.8) is 0 Å². The van der Waals surface area contributed by atoms with E-state index in [9.17, 15) is 18.0 Å². The van der Waals surface area contributed by atoms with Crippen molar-refractivity contribution in [1.82, 2.24) is 39.5 Å². The van der Waals surface area contributed by atoms with Gasteiger partial charge < -0.3 is 9.88 Å². The molecule has 6 rings (SSSR count). The maximum atomic E-state index is 13.0. The van der Waals surface area contributed by atoms with Crippen LogP contribution in [0.2, 0.25) is 5.02 Å². The largest absolute Gasteiger partial charge is 0.433 e. The molecule has 1 amide bonds. The number of fused-ring (bicyclic) bond motifs is 1. The van der Waals surface area contributed by atoms with E-state index in [0.29, 0.717) is 19.1 Å². The monoisotopic (exact) mass is 530 g/mol. The van der Waals surface area contributed by atoms with Crippen LogP contribution < -0.4 is 0 Å². The number of aromatic amines is 1. The molecule has 1 N–H and O–H groups in total. The summed E-state index contributed by atoms with van der Waals surface area (Å²) >= 11 is 6.01. The molecule has 37 heavy (non-hydrogen) atoms. The van der Waals surface area contributed by atoms with Crippen molar-refractivity contribution in [1.29, 1.82) is 0 Å². The third-order valence-corrected chi connectivity index (χ3v) is 7.44. The first-order valence-electron chi connectivity index (χ1n) is 11.9. The van der Waals surface area contributed by atoms with Gasteiger partial charge in [-0.2, -0.15) is 18.3 Å². The molecule has 2 aliphatic heterocycles. The van der Waals surface area contributed by atoms with Crippen molar-refractivity contribution in [2.45, 2.75) is 31.1 Å². The maximum Gasteiger partial charge on any atom is 0.433 e. The number of alkyl halides is 3. The highest BCUT2D eigenvalue weighted by atomic mass is 35.5. The van der Waals surface area contributed by atoms with Gasteiger partial charge in [0.05, 0.1) is 28.5 Å². The first-order chi connectivity index (χ1) is 17.8. The summed E-state index contributed by atoms with van der Waals surface area (Å²) < 4.78 is 41.1. The summed E-state index contributed by atoms with van der Waals surface area (Å²) in [5.74, 6) is -0.497. The van der Waals surface area contributed by atoms with Gasteiger partial charge in [0.2, 0.25) is 0 Å². The van der Waals surface area contributed by atoms with Crippen molar-refractivity contribution < 1.29 is 18.0 Å². The Balaban J connectivity index is 1.05. The van der Waals surface area contributed by atoms with Crippen LogP contribution in [0.1, 0.15) is 34.9 Å². The highest BCUT2D eigenvalue weighted by Gasteiger charge is 2.38. The quantitative estimate of drug-likeness (QED) is 0.428. The number of carbonyl (C=O) groups is 1. The van der Waals surface area contributed by atoms with Gasteiger partial charge in [0.15, 0.2) is 0 Å². The summed E-state index contributed by atoms with van der Waals surface area (Å²) in [4.78, 5) is 31.9. The zero-order valence-electron chi connectivity index (χ0n) is 19.5. The lowest BCUT2D eigenvalue weighted by Crippen LogP contribution is -2.56. The summed E-state index contributed by atoms with van der Waals surface area (Å²) in [6.07, 6.45) is 4.92. The topological polar surface area (TPSA) is 95.8 Å². The molecule has 13 heteroatoms. The second-order valence-electron chi connectivity index (χ2n) is 9.35. The number of rotatable bonds is 4. The molecule has 0 aromatic carbocycles. The van der Waals surface area contributed by atoms with Gasteiger partial charge in [-0.25, -0.2) is 9.97 Å². The zero-order chi connectivity index (χ0) is 25.7. The number of hydrogen-bond donors (Lipinski definition) is 1. The molecular formula is C24H22ClF3N8O. The standard InChI is InChI=1S/C24H22ClF3N8O/c25-19-9-30-20(24(26,27)28)7-18(19)23(37)34-5-2-15(3-6-34)35-11-16(12-35)36-10-14(8-33-36)21-17-1-4-29-22(17)32-13-31-21/h1,4,7-10,13,15-16H,2-3,5-6,11-12H2,(H,29,31,32). The molecule has 0 bridgehead atoms. The molecule has 9 nitrogen and oxygen atoms in total. The number of pyridine rings is 1. The van der Waals surface area contributed by atoms with Crippen LogP contribution in [0.15, 0.2) is 43.2 Å². The Labute approximate surface area is 214 Å². The minimum Gasteiger partial charge on any atom is -0.346 e. The summed E-state index contributed by atoms with van der Waals surface area (Å²) in [6, 6.07) is 3.23. The van der Waals surface area contributed by atoms with Gasteiger partial charge in [0.25, 0.3) is 5.91 Å². The van der Waals surface area contributed by atoms with E-state index in [1.165, 1.54) is 6.33 Å². The smallest absolute Gasteiger partial charge is 0.346 e. The van der Waals surface area contributed by atoms with Gasteiger partial charge in [0.1, 0.15) is 17.7 Å². The zero-order valence-corrected chi connectivity index (χ0v) is 20.2. The van der Waals surface area contributed by atoms with Crippen molar-refractivity contribution >= 4 is 28.5 Å². The number of aromatic nitrogens is 6. The maximum absolute atomic E-state index is 13.0. The molecular weight excluding hydrogens is 509 g/mol. The van der Waals surface area contributed by atoms with Crippen LogP contribution in [0.3, 0.4) is 0 Å². The SMILES string of the molecule is O=C(c1cc(C(F)(F)F)ncc1Cl)N1CCC(N2CC(n3cc(-c4ncnc5[nH]ccc45)cn3)C2)CC1. The van der Waals surface area contributed by atoms with E-state index in [1.54, 1.807) is 4.90 Å². The number of carbonyl (C=O) groups excluding carboxylic acids is 1. The van der Waals surface area contributed by atoms with Crippen LogP contribution in [0, 0.1) is 0 Å². The predicted molar refractivity (Wildman–Crippen MR) is 129 cm³/mol. The van der Waals surface area contributed by atoms with Crippen LogP contribution in [0.5, 0.6) is 0 Å². The minimum atomic E-state index is -4.64. The number of H-pyrrole nitrogens is 1. The summed E-state index contributed by atoms with van der Waals surface area (Å²) in [5.41, 5.74) is 1.26. The molecule has 0 unspecified atom stereocenters. The van der Waals surface area contributed by atoms with Crippen LogP contribution in [-0.4, -0.2) is 77.6 Å². The fourth-order valence-corrected chi connectivity index (χ4v) is 5.26. The molecule has 0 radical (unpaired) electrons. The van der Waals surface area contributed by atoms with Crippen molar-refractivity contribution in [2.24, 2.45) is 0 Å². The highest BCUT2D eigenvalue weighted by molar-refractivity contribution is 6.33. The first-order valence-corrected chi connectivity index (χ1v) is 12.2. The minimum absolute atomic E-state index is 0.0801. The Kier molecular flexibility index (Phi) is 5.87. The predicted octanol–water partition coefficient (Wildman–Crippen LogP) is 4.05. The van der Waals surface area contributed by atoms with Crippen LogP contribution in [-0.2, 0) is 6.18 Å². The molecule has 0 aliphatic carbocycles. The molecule has 2 aliphatic rings. The van der Waals surface area contributed by atoms with E-state index in [1.807, 2.05) is 29.3 Å². The van der Waals surface area contributed by atoms with E-state index < -0.39 is 17.8 Å². The van der Waals surface area contributed by atoms with Crippen molar-refractivity contribution in [3.8, 4) is 11.3 Å². The Morgan fingerprint density at radius 1 is 1.08 bits per heavy atom. The summed E-state index contributed by atoms with van der Waals surface area (Å²) in [5, 5.41) is 5.42. The highest BCUT2D eigenvalue weighted by Crippen LogP contribution is 2.33. The van der Waals surface area contributed by atoms with Crippen LogP contribution >= 0.6 is 11.6 Å². The van der Waals surface area contributed by atoms with Crippen molar-refractivity contribution in [2.75, 3.05) is 26.2 Å². The molecule has 4 aromatic rings. The Morgan fingerprint density at radius 2 is 1.86 bits per heavy atom. The molecule has 0 spiro atoms. The van der Waals surface area contributed by atoms with Gasteiger partial charge >= 0.3 is 6.18 Å². The number of halogens is 4. The van der Waals surface area contributed by atoms with Gasteiger partial charge in [0, 0.05) is 61.8 Å². The first kappa shape index (κ1) is 23.9. The normalized spacial score (nSPS) is 17.9. The lowest BCUT2D eigenvalue weighted by atomic mass is 9.97. The molecule has 2 saturated heterocycles. The van der Waals surface area contributed by atoms with E-state index >= 15 is 0 Å². The summed E-state index contributed by atoms with van der Waals surface area (Å²) in [7, 11) is 0. The molecule has 4 aromatic heterocycles. The average Bonchev–Trinajstić information content (AvgIpc) is 3.53. The number of nitrogens with one attached hydrogen (secondary N) is 1. The van der Waals surface area contributed by atoms with E-state index in [-0.39, 0.29) is 16.6 Å². The van der Waals surface area contributed by atoms with Gasteiger partial charge in [-0.15, -0.1) is 0 Å². The third kappa shape index (κ3) is 4.44. The molecule has 0 atom stereocenters. The van der Waals surface area contributed by atoms with Gasteiger partial charge in [-0.05, 0) is 25.0 Å². The average molecular weight is 531 g/mol. The fourth-order valence-electron chi connectivity index (χ4n) is 5.08.